The molecule has 7 heteroatoms. The Morgan fingerprint density at radius 2 is 1.68 bits per heavy atom. The van der Waals surface area contributed by atoms with Gasteiger partial charge in [0.2, 0.25) is 0 Å². The second-order valence-corrected chi connectivity index (χ2v) is 8.62. The molecule has 1 aromatic carbocycles. The Kier molecular flexibility index (Phi) is 6.16. The minimum atomic E-state index is -2.69. The number of hydrogen-bond donors (Lipinski definition) is 0. The van der Waals surface area contributed by atoms with Crippen molar-refractivity contribution in [3.8, 4) is 0 Å². The van der Waals surface area contributed by atoms with Crippen molar-refractivity contribution in [1.82, 2.24) is 9.80 Å². The Balaban J connectivity index is 2.01. The number of halogens is 1. The van der Waals surface area contributed by atoms with Gasteiger partial charge in [0, 0.05) is 0 Å². The Morgan fingerprint density at radius 3 is 2.14 bits per heavy atom. The minimum absolute atomic E-state index is 0.421. The molecular formula is C15H21IN2O4. The molecule has 0 spiro atoms. The maximum absolute atomic E-state index is 11.2. The average molecular weight is 420 g/mol. The van der Waals surface area contributed by atoms with Crippen LogP contribution in [0.25, 0.3) is 0 Å². The monoisotopic (exact) mass is 420 g/mol. The normalized spacial score (nSPS) is 16.4. The van der Waals surface area contributed by atoms with Crippen molar-refractivity contribution in [3.63, 3.8) is 0 Å². The SMILES string of the molecule is CC(=O)OI(OC(C)=O)c1ccc(CN2CCN(C)C2)cc1. The van der Waals surface area contributed by atoms with Crippen LogP contribution >= 0.6 is 20.6 Å². The van der Waals surface area contributed by atoms with Crippen LogP contribution in [0, 0.1) is 3.57 Å². The summed E-state index contributed by atoms with van der Waals surface area (Å²) in [7, 11) is 2.11. The summed E-state index contributed by atoms with van der Waals surface area (Å²) < 4.78 is 11.2. The maximum atomic E-state index is 11.2. The molecule has 1 aliphatic heterocycles. The van der Waals surface area contributed by atoms with Crippen LogP contribution in [0.5, 0.6) is 0 Å². The predicted molar refractivity (Wildman–Crippen MR) is 90.6 cm³/mol. The molecule has 6 nitrogen and oxygen atoms in total. The molecule has 122 valence electrons. The molecule has 0 atom stereocenters. The molecule has 0 bridgehead atoms. The number of benzene rings is 1. The van der Waals surface area contributed by atoms with Gasteiger partial charge in [-0.05, 0) is 0 Å². The van der Waals surface area contributed by atoms with Gasteiger partial charge in [-0.15, -0.1) is 0 Å². The summed E-state index contributed by atoms with van der Waals surface area (Å²) in [5.74, 6) is -0.841. The summed E-state index contributed by atoms with van der Waals surface area (Å²) in [5, 5.41) is 0. The molecule has 2 rings (SSSR count). The van der Waals surface area contributed by atoms with Crippen LogP contribution in [0.3, 0.4) is 0 Å². The van der Waals surface area contributed by atoms with E-state index < -0.39 is 32.6 Å². The molecule has 0 saturated carbocycles. The summed E-state index contributed by atoms with van der Waals surface area (Å²) in [4.78, 5) is 26.9. The standard InChI is InChI=1S/C15H21IN2O4/c1-12(19)21-16(22-13(2)20)15-6-4-14(5-7-15)10-18-9-8-17(3)11-18/h4-7H,8-11H2,1-3H3. The molecule has 0 N–H and O–H groups in total. The fraction of sp³-hybridized carbons (Fsp3) is 0.467. The Bertz CT molecular complexity index is 519. The number of carbonyl (C=O) groups is 2. The number of nitrogens with zero attached hydrogens (tertiary/aromatic N) is 2. The quantitative estimate of drug-likeness (QED) is 0.680. The summed E-state index contributed by atoms with van der Waals surface area (Å²) in [6, 6.07) is 7.80. The molecule has 1 fully saturated rings. The Labute approximate surface area is 138 Å². The number of carbonyl (C=O) groups excluding carboxylic acids is 2. The van der Waals surface area contributed by atoms with E-state index in [1.54, 1.807) is 0 Å². The van der Waals surface area contributed by atoms with E-state index in [0.29, 0.717) is 0 Å². The molecule has 0 unspecified atom stereocenters. The van der Waals surface area contributed by atoms with E-state index in [1.165, 1.54) is 19.4 Å². The van der Waals surface area contributed by atoms with Crippen LogP contribution in [0.1, 0.15) is 19.4 Å². The van der Waals surface area contributed by atoms with Crippen molar-refractivity contribution < 1.29 is 15.7 Å². The van der Waals surface area contributed by atoms with Crippen molar-refractivity contribution in [2.75, 3.05) is 26.8 Å². The van der Waals surface area contributed by atoms with Crippen LogP contribution in [-0.2, 0) is 22.3 Å². The van der Waals surface area contributed by atoms with Gasteiger partial charge in [-0.2, -0.15) is 0 Å². The zero-order chi connectivity index (χ0) is 16.1. The van der Waals surface area contributed by atoms with Crippen LogP contribution in [0.15, 0.2) is 24.3 Å². The van der Waals surface area contributed by atoms with Gasteiger partial charge in [0.25, 0.3) is 0 Å². The molecule has 1 saturated heterocycles. The molecule has 22 heavy (non-hydrogen) atoms. The van der Waals surface area contributed by atoms with Gasteiger partial charge < -0.3 is 0 Å². The van der Waals surface area contributed by atoms with Gasteiger partial charge >= 0.3 is 139 Å². The zero-order valence-electron chi connectivity index (χ0n) is 13.0. The van der Waals surface area contributed by atoms with E-state index in [4.69, 9.17) is 6.13 Å². The molecule has 0 radical (unpaired) electrons. The predicted octanol–water partition coefficient (Wildman–Crippen LogP) is 2.02. The summed E-state index contributed by atoms with van der Waals surface area (Å²) >= 11 is -2.69. The summed E-state index contributed by atoms with van der Waals surface area (Å²) in [6.07, 6.45) is 0. The van der Waals surface area contributed by atoms with E-state index in [0.717, 1.165) is 29.9 Å². The van der Waals surface area contributed by atoms with Crippen molar-refractivity contribution >= 4 is 32.6 Å². The Morgan fingerprint density at radius 1 is 1.09 bits per heavy atom. The van der Waals surface area contributed by atoms with E-state index in [-0.39, 0.29) is 0 Å². The molecule has 0 aliphatic carbocycles. The van der Waals surface area contributed by atoms with Crippen LogP contribution in [-0.4, -0.2) is 48.5 Å². The van der Waals surface area contributed by atoms with Crippen LogP contribution < -0.4 is 0 Å². The average Bonchev–Trinajstić information content (AvgIpc) is 2.83. The first-order valence-corrected chi connectivity index (χ1v) is 9.86. The van der Waals surface area contributed by atoms with Crippen molar-refractivity contribution in [2.45, 2.75) is 20.4 Å². The van der Waals surface area contributed by atoms with Gasteiger partial charge in [0.15, 0.2) is 0 Å². The molecule has 0 amide bonds. The number of hydrogen-bond acceptors (Lipinski definition) is 6. The van der Waals surface area contributed by atoms with Crippen molar-refractivity contribution in [1.29, 1.82) is 0 Å². The van der Waals surface area contributed by atoms with E-state index in [9.17, 15) is 9.59 Å². The van der Waals surface area contributed by atoms with Crippen LogP contribution in [0.4, 0.5) is 0 Å². The van der Waals surface area contributed by atoms with E-state index in [2.05, 4.69) is 16.8 Å². The molecular weight excluding hydrogens is 399 g/mol. The first-order valence-electron chi connectivity index (χ1n) is 7.02. The fourth-order valence-electron chi connectivity index (χ4n) is 2.18. The van der Waals surface area contributed by atoms with Crippen molar-refractivity contribution in [3.05, 3.63) is 33.4 Å². The van der Waals surface area contributed by atoms with Crippen LogP contribution in [0.2, 0.25) is 0 Å². The van der Waals surface area contributed by atoms with E-state index >= 15 is 0 Å². The second-order valence-electron chi connectivity index (χ2n) is 5.25. The first-order chi connectivity index (χ1) is 10.4. The van der Waals surface area contributed by atoms with Gasteiger partial charge in [0.05, 0.1) is 0 Å². The molecule has 1 aromatic rings. The number of rotatable bonds is 5. The van der Waals surface area contributed by atoms with E-state index in [1.807, 2.05) is 24.3 Å². The fourth-order valence-corrected chi connectivity index (χ4v) is 4.85. The topological polar surface area (TPSA) is 59.1 Å². The third kappa shape index (κ3) is 5.22. The summed E-state index contributed by atoms with van der Waals surface area (Å²) in [5.41, 5.74) is 1.19. The zero-order valence-corrected chi connectivity index (χ0v) is 15.2. The third-order valence-corrected chi connectivity index (χ3v) is 6.87. The first kappa shape index (κ1) is 17.2. The second kappa shape index (κ2) is 7.89. The van der Waals surface area contributed by atoms with Gasteiger partial charge in [-0.3, -0.25) is 0 Å². The van der Waals surface area contributed by atoms with Gasteiger partial charge in [0.1, 0.15) is 0 Å². The Hall–Kier alpha value is -1.19. The third-order valence-electron chi connectivity index (χ3n) is 3.09. The van der Waals surface area contributed by atoms with Gasteiger partial charge in [-0.1, -0.05) is 0 Å². The molecule has 1 heterocycles. The van der Waals surface area contributed by atoms with Crippen molar-refractivity contribution in [2.24, 2.45) is 0 Å². The molecule has 1 aliphatic rings. The van der Waals surface area contributed by atoms with Gasteiger partial charge in [-0.25, -0.2) is 0 Å². The summed E-state index contributed by atoms with van der Waals surface area (Å²) in [6.45, 7) is 6.67. The number of likely N-dealkylation sites (N-methyl/N-ethyl adjacent to an activating group) is 1. The molecule has 0 aromatic heterocycles.